The average molecular weight is 413 g/mol. The lowest BCUT2D eigenvalue weighted by Gasteiger charge is -2.09. The molecule has 0 unspecified atom stereocenters. The zero-order valence-electron chi connectivity index (χ0n) is 15.5. The van der Waals surface area contributed by atoms with E-state index in [1.54, 1.807) is 25.1 Å². The van der Waals surface area contributed by atoms with Crippen LogP contribution in [0.25, 0.3) is 0 Å². The van der Waals surface area contributed by atoms with Crippen molar-refractivity contribution in [3.63, 3.8) is 0 Å². The maximum absolute atomic E-state index is 12.3. The molecule has 0 saturated carbocycles. The molecule has 2 aromatic carbocycles. The summed E-state index contributed by atoms with van der Waals surface area (Å²) < 4.78 is 5.02. The predicted octanol–water partition coefficient (Wildman–Crippen LogP) is 3.23. The molecule has 0 aliphatic carbocycles. The van der Waals surface area contributed by atoms with Crippen molar-refractivity contribution in [3.8, 4) is 0 Å². The fourth-order valence-corrected chi connectivity index (χ4v) is 3.11. The molecule has 29 heavy (non-hydrogen) atoms. The van der Waals surface area contributed by atoms with E-state index in [-0.39, 0.29) is 23.2 Å². The van der Waals surface area contributed by atoms with Gasteiger partial charge < -0.3 is 10.1 Å². The van der Waals surface area contributed by atoms with E-state index in [2.05, 4.69) is 11.9 Å². The van der Waals surface area contributed by atoms with Crippen LogP contribution in [-0.4, -0.2) is 41.7 Å². The second-order valence-electron chi connectivity index (χ2n) is 6.35. The third-order valence-electron chi connectivity index (χ3n) is 4.31. The number of benzene rings is 2. The van der Waals surface area contributed by atoms with E-state index in [9.17, 15) is 19.2 Å². The van der Waals surface area contributed by atoms with E-state index in [0.29, 0.717) is 10.7 Å². The highest BCUT2D eigenvalue weighted by molar-refractivity contribution is 6.30. The van der Waals surface area contributed by atoms with Crippen molar-refractivity contribution in [2.75, 3.05) is 18.5 Å². The summed E-state index contributed by atoms with van der Waals surface area (Å²) in [6, 6.07) is 9.05. The Morgan fingerprint density at radius 1 is 1.14 bits per heavy atom. The third kappa shape index (κ3) is 4.20. The maximum Gasteiger partial charge on any atom is 0.338 e. The van der Waals surface area contributed by atoms with Crippen LogP contribution in [0.2, 0.25) is 5.02 Å². The molecule has 0 atom stereocenters. The number of anilines is 1. The number of fused-ring (bicyclic) bond motifs is 1. The molecule has 148 valence electrons. The minimum Gasteiger partial charge on any atom is -0.452 e. The molecule has 7 nitrogen and oxygen atoms in total. The van der Waals surface area contributed by atoms with Crippen molar-refractivity contribution in [1.82, 2.24) is 4.90 Å². The van der Waals surface area contributed by atoms with Gasteiger partial charge in [0, 0.05) is 17.3 Å². The minimum absolute atomic E-state index is 0.0702. The number of amides is 3. The Hall–Kier alpha value is -3.45. The van der Waals surface area contributed by atoms with E-state index in [0.717, 1.165) is 10.5 Å². The van der Waals surface area contributed by atoms with E-state index in [4.69, 9.17) is 16.3 Å². The van der Waals surface area contributed by atoms with Gasteiger partial charge in [0.15, 0.2) is 6.61 Å². The largest absolute Gasteiger partial charge is 0.452 e. The first-order valence-corrected chi connectivity index (χ1v) is 9.04. The number of carbonyl (C=O) groups excluding carboxylic acids is 4. The molecule has 1 N–H and O–H groups in total. The smallest absolute Gasteiger partial charge is 0.338 e. The number of hydrogen-bond donors (Lipinski definition) is 1. The number of imide groups is 1. The number of esters is 1. The van der Waals surface area contributed by atoms with Gasteiger partial charge in [0.2, 0.25) is 0 Å². The van der Waals surface area contributed by atoms with Crippen LogP contribution in [0, 0.1) is 6.92 Å². The second-order valence-corrected chi connectivity index (χ2v) is 6.79. The normalized spacial score (nSPS) is 12.6. The number of hydrogen-bond acceptors (Lipinski definition) is 5. The second kappa shape index (κ2) is 8.28. The molecule has 0 radical (unpaired) electrons. The van der Waals surface area contributed by atoms with Crippen LogP contribution in [0.15, 0.2) is 49.1 Å². The number of halogens is 1. The van der Waals surface area contributed by atoms with Gasteiger partial charge in [0.25, 0.3) is 17.7 Å². The lowest BCUT2D eigenvalue weighted by molar-refractivity contribution is -0.119. The summed E-state index contributed by atoms with van der Waals surface area (Å²) in [5.41, 5.74) is 1.72. The van der Waals surface area contributed by atoms with Gasteiger partial charge in [-0.1, -0.05) is 17.7 Å². The quantitative estimate of drug-likeness (QED) is 0.446. The number of carbonyl (C=O) groups is 4. The Kier molecular flexibility index (Phi) is 5.79. The van der Waals surface area contributed by atoms with Crippen LogP contribution in [0.5, 0.6) is 0 Å². The lowest BCUT2D eigenvalue weighted by Crippen LogP contribution is -2.29. The minimum atomic E-state index is -0.779. The first kappa shape index (κ1) is 20.3. The van der Waals surface area contributed by atoms with Crippen molar-refractivity contribution in [2.45, 2.75) is 6.92 Å². The van der Waals surface area contributed by atoms with Crippen molar-refractivity contribution in [1.29, 1.82) is 0 Å². The van der Waals surface area contributed by atoms with Gasteiger partial charge in [-0.15, -0.1) is 6.58 Å². The highest BCUT2D eigenvalue weighted by Crippen LogP contribution is 2.24. The van der Waals surface area contributed by atoms with Gasteiger partial charge in [-0.25, -0.2) is 4.79 Å². The lowest BCUT2D eigenvalue weighted by atomic mass is 10.1. The number of ether oxygens (including phenoxy) is 1. The summed E-state index contributed by atoms with van der Waals surface area (Å²) in [4.78, 5) is 49.9. The molecule has 0 saturated heterocycles. The number of aryl methyl sites for hydroxylation is 1. The highest BCUT2D eigenvalue weighted by Gasteiger charge is 2.35. The van der Waals surface area contributed by atoms with Crippen LogP contribution < -0.4 is 5.32 Å². The van der Waals surface area contributed by atoms with Crippen LogP contribution in [0.4, 0.5) is 5.69 Å². The maximum atomic E-state index is 12.3. The molecule has 0 fully saturated rings. The van der Waals surface area contributed by atoms with E-state index in [1.807, 2.05) is 0 Å². The van der Waals surface area contributed by atoms with Gasteiger partial charge in [0.05, 0.1) is 16.7 Å². The summed E-state index contributed by atoms with van der Waals surface area (Å²) in [6.45, 7) is 4.87. The zero-order valence-corrected chi connectivity index (χ0v) is 16.3. The van der Waals surface area contributed by atoms with Crippen LogP contribution in [0.1, 0.15) is 36.6 Å². The van der Waals surface area contributed by atoms with Crippen LogP contribution in [0.3, 0.4) is 0 Å². The molecule has 0 spiro atoms. The molecule has 3 amide bonds. The molecular formula is C21H17ClN2O5. The molecule has 8 heteroatoms. The highest BCUT2D eigenvalue weighted by atomic mass is 35.5. The molecule has 2 aromatic rings. The van der Waals surface area contributed by atoms with Crippen LogP contribution >= 0.6 is 11.6 Å². The zero-order chi connectivity index (χ0) is 21.1. The number of nitrogens with zero attached hydrogens (tertiary/aromatic N) is 1. The van der Waals surface area contributed by atoms with Gasteiger partial charge in [-0.05, 0) is 48.9 Å². The average Bonchev–Trinajstić information content (AvgIpc) is 2.93. The Bertz CT molecular complexity index is 1050. The standard InChI is InChI=1S/C21H17ClN2O5/c1-3-8-24-19(26)15-6-4-13(10-16(15)20(24)27)21(28)29-11-18(25)23-17-7-5-14(22)9-12(17)2/h3-7,9-10H,1,8,11H2,2H3,(H,23,25). The topological polar surface area (TPSA) is 92.8 Å². The summed E-state index contributed by atoms with van der Waals surface area (Å²) >= 11 is 5.88. The van der Waals surface area contributed by atoms with Crippen molar-refractivity contribution in [2.24, 2.45) is 0 Å². The molecule has 1 aliphatic rings. The molecule has 3 rings (SSSR count). The van der Waals surface area contributed by atoms with Gasteiger partial charge >= 0.3 is 5.97 Å². The Morgan fingerprint density at radius 2 is 1.86 bits per heavy atom. The molecule has 0 bridgehead atoms. The summed E-state index contributed by atoms with van der Waals surface area (Å²) in [5.74, 6) is -2.25. The van der Waals surface area contributed by atoms with E-state index < -0.39 is 30.3 Å². The summed E-state index contributed by atoms with van der Waals surface area (Å²) in [5, 5.41) is 3.17. The monoisotopic (exact) mass is 412 g/mol. The fraction of sp³-hybridized carbons (Fsp3) is 0.143. The van der Waals surface area contributed by atoms with Gasteiger partial charge in [0.1, 0.15) is 0 Å². The Labute approximate surface area is 171 Å². The predicted molar refractivity (Wildman–Crippen MR) is 107 cm³/mol. The molecular weight excluding hydrogens is 396 g/mol. The summed E-state index contributed by atoms with van der Waals surface area (Å²) in [6.07, 6.45) is 1.44. The van der Waals surface area contributed by atoms with Crippen LogP contribution in [-0.2, 0) is 9.53 Å². The third-order valence-corrected chi connectivity index (χ3v) is 4.55. The first-order valence-electron chi connectivity index (χ1n) is 8.66. The van der Waals surface area contributed by atoms with E-state index in [1.165, 1.54) is 24.3 Å². The van der Waals surface area contributed by atoms with Crippen molar-refractivity contribution in [3.05, 3.63) is 76.3 Å². The summed E-state index contributed by atoms with van der Waals surface area (Å²) in [7, 11) is 0. The fourth-order valence-electron chi connectivity index (χ4n) is 2.88. The number of nitrogens with one attached hydrogen (secondary N) is 1. The molecule has 1 aliphatic heterocycles. The van der Waals surface area contributed by atoms with Gasteiger partial charge in [-0.2, -0.15) is 0 Å². The van der Waals surface area contributed by atoms with Crippen molar-refractivity contribution < 1.29 is 23.9 Å². The Morgan fingerprint density at radius 3 is 2.55 bits per heavy atom. The first-order chi connectivity index (χ1) is 13.8. The molecule has 0 aromatic heterocycles. The SMILES string of the molecule is C=CCN1C(=O)c2ccc(C(=O)OCC(=O)Nc3ccc(Cl)cc3C)cc2C1=O. The van der Waals surface area contributed by atoms with E-state index >= 15 is 0 Å². The molecule has 1 heterocycles. The van der Waals surface area contributed by atoms with Crippen molar-refractivity contribution >= 4 is 41.0 Å². The van der Waals surface area contributed by atoms with Gasteiger partial charge in [-0.3, -0.25) is 19.3 Å². The Balaban J connectivity index is 1.65. The number of rotatable bonds is 6.